The molecule has 0 fully saturated rings. The molecule has 1 aliphatic heterocycles. The van der Waals surface area contributed by atoms with E-state index in [0.717, 1.165) is 11.3 Å². The summed E-state index contributed by atoms with van der Waals surface area (Å²) in [6, 6.07) is 6.27. The maximum atomic E-state index is 11.4. The van der Waals surface area contributed by atoms with Crippen molar-refractivity contribution in [2.24, 2.45) is 0 Å². The second-order valence-corrected chi connectivity index (χ2v) is 5.79. The molecule has 2 rings (SSSR count). The summed E-state index contributed by atoms with van der Waals surface area (Å²) in [7, 11) is 1.42. The average molecular weight is 248 g/mol. The summed E-state index contributed by atoms with van der Waals surface area (Å²) >= 11 is 0. The van der Waals surface area contributed by atoms with Gasteiger partial charge in [0.2, 0.25) is 0 Å². The van der Waals surface area contributed by atoms with Crippen LogP contribution in [0.5, 0.6) is 5.75 Å². The standard InChI is InChI=1S/C15H20O3/c1-15(2,3)11-5-6-13-12(8-11)10(9-18-13)7-14(16)17-4/h5-6,8,10H,7,9H2,1-4H3/t10-/m1/s1. The van der Waals surface area contributed by atoms with Gasteiger partial charge in [0, 0.05) is 11.5 Å². The monoisotopic (exact) mass is 248 g/mol. The minimum atomic E-state index is -0.183. The van der Waals surface area contributed by atoms with Crippen LogP contribution in [-0.4, -0.2) is 19.7 Å². The van der Waals surface area contributed by atoms with Gasteiger partial charge in [0.25, 0.3) is 0 Å². The van der Waals surface area contributed by atoms with E-state index >= 15 is 0 Å². The van der Waals surface area contributed by atoms with Gasteiger partial charge in [0.1, 0.15) is 5.75 Å². The number of benzene rings is 1. The number of hydrogen-bond donors (Lipinski definition) is 0. The number of fused-ring (bicyclic) bond motifs is 1. The third kappa shape index (κ3) is 2.50. The Kier molecular flexibility index (Phi) is 3.33. The molecule has 0 amide bonds. The van der Waals surface area contributed by atoms with Gasteiger partial charge in [-0.05, 0) is 17.0 Å². The van der Waals surface area contributed by atoms with Crippen molar-refractivity contribution in [3.63, 3.8) is 0 Å². The summed E-state index contributed by atoms with van der Waals surface area (Å²) in [6.45, 7) is 7.11. The topological polar surface area (TPSA) is 35.5 Å². The second-order valence-electron chi connectivity index (χ2n) is 5.79. The largest absolute Gasteiger partial charge is 0.493 e. The first-order valence-corrected chi connectivity index (χ1v) is 6.26. The lowest BCUT2D eigenvalue weighted by atomic mass is 9.84. The molecular formula is C15H20O3. The average Bonchev–Trinajstić information content (AvgIpc) is 2.70. The first-order chi connectivity index (χ1) is 8.41. The fourth-order valence-corrected chi connectivity index (χ4v) is 2.20. The molecule has 0 aromatic heterocycles. The molecule has 1 aromatic carbocycles. The van der Waals surface area contributed by atoms with Gasteiger partial charge in [-0.2, -0.15) is 0 Å². The van der Waals surface area contributed by atoms with E-state index in [1.54, 1.807) is 0 Å². The lowest BCUT2D eigenvalue weighted by Gasteiger charge is -2.20. The fraction of sp³-hybridized carbons (Fsp3) is 0.533. The van der Waals surface area contributed by atoms with E-state index in [2.05, 4.69) is 32.9 Å². The van der Waals surface area contributed by atoms with Crippen LogP contribution in [0.15, 0.2) is 18.2 Å². The predicted octanol–water partition coefficient (Wildman–Crippen LogP) is 3.02. The van der Waals surface area contributed by atoms with Crippen LogP contribution in [-0.2, 0) is 14.9 Å². The minimum absolute atomic E-state index is 0.105. The van der Waals surface area contributed by atoms with Crippen molar-refractivity contribution in [3.05, 3.63) is 29.3 Å². The highest BCUT2D eigenvalue weighted by molar-refractivity contribution is 5.71. The molecule has 0 aliphatic carbocycles. The molecule has 0 spiro atoms. The number of methoxy groups -OCH3 is 1. The molecule has 0 bridgehead atoms. The second kappa shape index (κ2) is 4.63. The zero-order valence-electron chi connectivity index (χ0n) is 11.4. The summed E-state index contributed by atoms with van der Waals surface area (Å²) in [6.07, 6.45) is 0.386. The van der Waals surface area contributed by atoms with Crippen molar-refractivity contribution in [1.82, 2.24) is 0 Å². The number of carbonyl (C=O) groups excluding carboxylic acids is 1. The van der Waals surface area contributed by atoms with Crippen LogP contribution >= 0.6 is 0 Å². The number of rotatable bonds is 2. The molecule has 1 heterocycles. The van der Waals surface area contributed by atoms with Crippen molar-refractivity contribution in [3.8, 4) is 5.75 Å². The van der Waals surface area contributed by atoms with Gasteiger partial charge in [-0.25, -0.2) is 0 Å². The maximum absolute atomic E-state index is 11.4. The van der Waals surface area contributed by atoms with Crippen molar-refractivity contribution in [2.75, 3.05) is 13.7 Å². The van der Waals surface area contributed by atoms with Gasteiger partial charge >= 0.3 is 5.97 Å². The molecule has 0 radical (unpaired) electrons. The van der Waals surface area contributed by atoms with Gasteiger partial charge in [-0.15, -0.1) is 0 Å². The molecule has 0 saturated carbocycles. The Hall–Kier alpha value is -1.51. The fourth-order valence-electron chi connectivity index (χ4n) is 2.20. The molecule has 3 nitrogen and oxygen atoms in total. The van der Waals surface area contributed by atoms with Gasteiger partial charge in [0.05, 0.1) is 20.1 Å². The third-order valence-corrected chi connectivity index (χ3v) is 3.40. The van der Waals surface area contributed by atoms with Gasteiger partial charge in [-0.1, -0.05) is 32.9 Å². The molecule has 1 aliphatic rings. The van der Waals surface area contributed by atoms with E-state index in [1.165, 1.54) is 12.7 Å². The molecule has 1 atom stereocenters. The molecule has 98 valence electrons. The number of carbonyl (C=O) groups is 1. The van der Waals surface area contributed by atoms with Crippen LogP contribution in [0.3, 0.4) is 0 Å². The van der Waals surface area contributed by atoms with Crippen LogP contribution in [0, 0.1) is 0 Å². The SMILES string of the molecule is COC(=O)C[C@@H]1COc2ccc(C(C)(C)C)cc21. The summed E-state index contributed by atoms with van der Waals surface area (Å²) < 4.78 is 10.3. The van der Waals surface area contributed by atoms with E-state index < -0.39 is 0 Å². The smallest absolute Gasteiger partial charge is 0.306 e. The van der Waals surface area contributed by atoms with E-state index in [4.69, 9.17) is 9.47 Å². The van der Waals surface area contributed by atoms with E-state index in [1.807, 2.05) is 6.07 Å². The lowest BCUT2D eigenvalue weighted by molar-refractivity contribution is -0.141. The predicted molar refractivity (Wildman–Crippen MR) is 70.0 cm³/mol. The number of esters is 1. The molecule has 1 aromatic rings. The Bertz CT molecular complexity index is 457. The van der Waals surface area contributed by atoms with E-state index in [-0.39, 0.29) is 17.3 Å². The zero-order chi connectivity index (χ0) is 13.3. The third-order valence-electron chi connectivity index (χ3n) is 3.40. The van der Waals surface area contributed by atoms with E-state index in [0.29, 0.717) is 13.0 Å². The summed E-state index contributed by atoms with van der Waals surface area (Å²) in [4.78, 5) is 11.4. The molecule has 18 heavy (non-hydrogen) atoms. The van der Waals surface area contributed by atoms with E-state index in [9.17, 15) is 4.79 Å². The summed E-state index contributed by atoms with van der Waals surface area (Å²) in [5.41, 5.74) is 2.50. The molecule has 0 unspecified atom stereocenters. The Morgan fingerprint density at radius 2 is 2.17 bits per heavy atom. The normalized spacial score (nSPS) is 18.1. The van der Waals surface area contributed by atoms with Crippen molar-refractivity contribution in [2.45, 2.75) is 38.5 Å². The number of ether oxygens (including phenoxy) is 2. The Labute approximate surface area is 108 Å². The molecule has 0 saturated heterocycles. The molecule has 3 heteroatoms. The minimum Gasteiger partial charge on any atom is -0.493 e. The van der Waals surface area contributed by atoms with Crippen LogP contribution in [0.4, 0.5) is 0 Å². The Morgan fingerprint density at radius 3 is 2.78 bits per heavy atom. The summed E-state index contributed by atoms with van der Waals surface area (Å²) in [5, 5.41) is 0. The van der Waals surface area contributed by atoms with Crippen LogP contribution in [0.25, 0.3) is 0 Å². The van der Waals surface area contributed by atoms with Crippen LogP contribution in [0.2, 0.25) is 0 Å². The summed E-state index contributed by atoms with van der Waals surface area (Å²) in [5.74, 6) is 0.837. The van der Waals surface area contributed by atoms with Crippen LogP contribution < -0.4 is 4.74 Å². The highest BCUT2D eigenvalue weighted by atomic mass is 16.5. The van der Waals surface area contributed by atoms with Crippen molar-refractivity contribution < 1.29 is 14.3 Å². The van der Waals surface area contributed by atoms with Gasteiger partial charge in [-0.3, -0.25) is 4.79 Å². The van der Waals surface area contributed by atoms with Crippen molar-refractivity contribution in [1.29, 1.82) is 0 Å². The first kappa shape index (κ1) is 12.9. The molecular weight excluding hydrogens is 228 g/mol. The zero-order valence-corrected chi connectivity index (χ0v) is 11.4. The first-order valence-electron chi connectivity index (χ1n) is 6.26. The highest BCUT2D eigenvalue weighted by Gasteiger charge is 2.28. The Balaban J connectivity index is 2.28. The highest BCUT2D eigenvalue weighted by Crippen LogP contribution is 2.38. The molecule has 0 N–H and O–H groups in total. The van der Waals surface area contributed by atoms with Crippen LogP contribution in [0.1, 0.15) is 44.2 Å². The van der Waals surface area contributed by atoms with Gasteiger partial charge in [0.15, 0.2) is 0 Å². The maximum Gasteiger partial charge on any atom is 0.306 e. The van der Waals surface area contributed by atoms with Gasteiger partial charge < -0.3 is 9.47 Å². The lowest BCUT2D eigenvalue weighted by Crippen LogP contribution is -2.12. The Morgan fingerprint density at radius 1 is 1.44 bits per heavy atom. The van der Waals surface area contributed by atoms with Crippen molar-refractivity contribution >= 4 is 5.97 Å². The number of hydrogen-bond acceptors (Lipinski definition) is 3. The quantitative estimate of drug-likeness (QED) is 0.755.